The number of hydrogen-bond acceptors (Lipinski definition) is 4. The predicted molar refractivity (Wildman–Crippen MR) is 59.5 cm³/mol. The van der Waals surface area contributed by atoms with E-state index in [-0.39, 0.29) is 12.6 Å². The molecular formula is C10H17F3N4O. The van der Waals surface area contributed by atoms with Crippen LogP contribution in [0.4, 0.5) is 13.2 Å². The van der Waals surface area contributed by atoms with Crippen molar-refractivity contribution in [2.45, 2.75) is 25.1 Å². The number of hydrogen-bond donors (Lipinski definition) is 2. The number of ether oxygens (including phenoxy) is 1. The fourth-order valence-electron chi connectivity index (χ4n) is 1.50. The van der Waals surface area contributed by atoms with Crippen LogP contribution in [-0.4, -0.2) is 35.2 Å². The summed E-state index contributed by atoms with van der Waals surface area (Å²) in [5.74, 6) is 5.27. The normalized spacial score (nSPS) is 13.8. The van der Waals surface area contributed by atoms with Gasteiger partial charge in [0.05, 0.1) is 6.61 Å². The maximum atomic E-state index is 11.9. The van der Waals surface area contributed by atoms with Crippen LogP contribution in [0.15, 0.2) is 12.3 Å². The quantitative estimate of drug-likeness (QED) is 0.565. The highest BCUT2D eigenvalue weighted by Gasteiger charge is 2.27. The second-order valence-electron chi connectivity index (χ2n) is 3.98. The van der Waals surface area contributed by atoms with Crippen molar-refractivity contribution in [2.75, 3.05) is 13.2 Å². The van der Waals surface area contributed by atoms with Crippen LogP contribution in [-0.2, 0) is 18.2 Å². The molecule has 0 radical (unpaired) electrons. The summed E-state index contributed by atoms with van der Waals surface area (Å²) >= 11 is 0. The molecule has 5 nitrogen and oxygen atoms in total. The van der Waals surface area contributed by atoms with Crippen LogP contribution in [0.5, 0.6) is 0 Å². The molecule has 1 rings (SSSR count). The van der Waals surface area contributed by atoms with E-state index in [0.717, 1.165) is 5.69 Å². The minimum absolute atomic E-state index is 0.0755. The Morgan fingerprint density at radius 1 is 1.56 bits per heavy atom. The van der Waals surface area contributed by atoms with Gasteiger partial charge in [-0.25, -0.2) is 0 Å². The van der Waals surface area contributed by atoms with Crippen LogP contribution in [0.1, 0.15) is 12.1 Å². The second-order valence-corrected chi connectivity index (χ2v) is 3.98. The summed E-state index contributed by atoms with van der Waals surface area (Å²) in [4.78, 5) is 0. The fourth-order valence-corrected chi connectivity index (χ4v) is 1.50. The van der Waals surface area contributed by atoms with Gasteiger partial charge in [0.2, 0.25) is 0 Å². The van der Waals surface area contributed by atoms with E-state index in [1.807, 2.05) is 6.07 Å². The highest BCUT2D eigenvalue weighted by Crippen LogP contribution is 2.14. The number of aromatic nitrogens is 2. The number of hydrazine groups is 1. The van der Waals surface area contributed by atoms with Gasteiger partial charge >= 0.3 is 6.18 Å². The SMILES string of the molecule is Cn1nccc1CCC(COCC(F)(F)F)NN. The lowest BCUT2D eigenvalue weighted by Gasteiger charge is -2.16. The van der Waals surface area contributed by atoms with E-state index in [9.17, 15) is 13.2 Å². The summed E-state index contributed by atoms with van der Waals surface area (Å²) in [5.41, 5.74) is 3.44. The van der Waals surface area contributed by atoms with Gasteiger partial charge in [0.25, 0.3) is 0 Å². The van der Waals surface area contributed by atoms with Crippen molar-refractivity contribution in [2.24, 2.45) is 12.9 Å². The Morgan fingerprint density at radius 2 is 2.28 bits per heavy atom. The first kappa shape index (κ1) is 14.9. The van der Waals surface area contributed by atoms with Crippen LogP contribution >= 0.6 is 0 Å². The van der Waals surface area contributed by atoms with Crippen molar-refractivity contribution in [1.29, 1.82) is 0 Å². The lowest BCUT2D eigenvalue weighted by Crippen LogP contribution is -2.40. The maximum Gasteiger partial charge on any atom is 0.411 e. The topological polar surface area (TPSA) is 65.1 Å². The summed E-state index contributed by atoms with van der Waals surface area (Å²) in [7, 11) is 1.81. The minimum Gasteiger partial charge on any atom is -0.370 e. The molecular weight excluding hydrogens is 249 g/mol. The molecule has 18 heavy (non-hydrogen) atoms. The van der Waals surface area contributed by atoms with E-state index >= 15 is 0 Å². The average molecular weight is 266 g/mol. The van der Waals surface area contributed by atoms with E-state index in [0.29, 0.717) is 12.8 Å². The smallest absolute Gasteiger partial charge is 0.370 e. The lowest BCUT2D eigenvalue weighted by atomic mass is 10.1. The molecule has 1 aromatic rings. The highest BCUT2D eigenvalue weighted by molar-refractivity contribution is 5.00. The van der Waals surface area contributed by atoms with Crippen LogP contribution in [0.3, 0.4) is 0 Å². The van der Waals surface area contributed by atoms with Crippen molar-refractivity contribution in [3.63, 3.8) is 0 Å². The van der Waals surface area contributed by atoms with Gasteiger partial charge in [-0.1, -0.05) is 0 Å². The molecule has 0 spiro atoms. The number of nitrogens with two attached hydrogens (primary N) is 1. The average Bonchev–Trinajstić information content (AvgIpc) is 2.67. The molecule has 0 bridgehead atoms. The van der Waals surface area contributed by atoms with Gasteiger partial charge in [0, 0.05) is 25.0 Å². The van der Waals surface area contributed by atoms with E-state index in [2.05, 4.69) is 15.3 Å². The zero-order valence-corrected chi connectivity index (χ0v) is 10.1. The van der Waals surface area contributed by atoms with E-state index in [4.69, 9.17) is 5.84 Å². The zero-order valence-electron chi connectivity index (χ0n) is 10.1. The minimum atomic E-state index is -4.30. The van der Waals surface area contributed by atoms with Gasteiger partial charge in [-0.2, -0.15) is 18.3 Å². The molecule has 0 aliphatic carbocycles. The monoisotopic (exact) mass is 266 g/mol. The molecule has 104 valence electrons. The Morgan fingerprint density at radius 3 is 2.78 bits per heavy atom. The molecule has 1 heterocycles. The van der Waals surface area contributed by atoms with Crippen LogP contribution in [0, 0.1) is 0 Å². The Bertz CT molecular complexity index is 353. The van der Waals surface area contributed by atoms with Gasteiger partial charge in [-0.05, 0) is 18.9 Å². The first-order valence-corrected chi connectivity index (χ1v) is 5.50. The fraction of sp³-hybridized carbons (Fsp3) is 0.700. The van der Waals surface area contributed by atoms with Crippen molar-refractivity contribution < 1.29 is 17.9 Å². The summed E-state index contributed by atoms with van der Waals surface area (Å²) in [6, 6.07) is 1.53. The Kier molecular flexibility index (Phi) is 5.57. The second kappa shape index (κ2) is 6.72. The first-order valence-electron chi connectivity index (χ1n) is 5.50. The molecule has 0 saturated carbocycles. The number of aryl methyl sites for hydroxylation is 2. The lowest BCUT2D eigenvalue weighted by molar-refractivity contribution is -0.175. The highest BCUT2D eigenvalue weighted by atomic mass is 19.4. The molecule has 0 aliphatic rings. The maximum absolute atomic E-state index is 11.9. The molecule has 0 fully saturated rings. The van der Waals surface area contributed by atoms with Crippen LogP contribution in [0.25, 0.3) is 0 Å². The number of rotatable bonds is 7. The molecule has 0 amide bonds. The van der Waals surface area contributed by atoms with E-state index in [1.165, 1.54) is 0 Å². The van der Waals surface area contributed by atoms with Gasteiger partial charge in [-0.15, -0.1) is 0 Å². The molecule has 0 aliphatic heterocycles. The third kappa shape index (κ3) is 5.48. The summed E-state index contributed by atoms with van der Waals surface area (Å²) in [6.07, 6.45) is -1.39. The van der Waals surface area contributed by atoms with Gasteiger partial charge in [0.15, 0.2) is 0 Å². The predicted octanol–water partition coefficient (Wildman–Crippen LogP) is 0.764. The Labute approximate surface area is 103 Å². The van der Waals surface area contributed by atoms with Crippen molar-refractivity contribution >= 4 is 0 Å². The van der Waals surface area contributed by atoms with Crippen LogP contribution < -0.4 is 11.3 Å². The van der Waals surface area contributed by atoms with Crippen molar-refractivity contribution in [3.8, 4) is 0 Å². The standard InChI is InChI=1S/C10H17F3N4O/c1-17-9(4-5-15-17)3-2-8(16-14)6-18-7-10(11,12)13/h4-5,8,16H,2-3,6-7,14H2,1H3. The summed E-state index contributed by atoms with van der Waals surface area (Å²) < 4.78 is 41.9. The molecule has 8 heteroatoms. The molecule has 0 aromatic carbocycles. The molecule has 0 saturated heterocycles. The number of nitrogens with one attached hydrogen (secondary N) is 1. The third-order valence-electron chi connectivity index (χ3n) is 2.49. The Hall–Kier alpha value is -1.12. The molecule has 1 aromatic heterocycles. The van der Waals surface area contributed by atoms with Gasteiger partial charge in [0.1, 0.15) is 6.61 Å². The summed E-state index contributed by atoms with van der Waals surface area (Å²) in [5, 5.41) is 4.00. The van der Waals surface area contributed by atoms with Gasteiger partial charge < -0.3 is 4.74 Å². The summed E-state index contributed by atoms with van der Waals surface area (Å²) in [6.45, 7) is -1.33. The van der Waals surface area contributed by atoms with Crippen molar-refractivity contribution in [3.05, 3.63) is 18.0 Å². The third-order valence-corrected chi connectivity index (χ3v) is 2.49. The molecule has 1 unspecified atom stereocenters. The Balaban J connectivity index is 2.28. The molecule has 3 N–H and O–H groups in total. The van der Waals surface area contributed by atoms with E-state index < -0.39 is 12.8 Å². The number of halogens is 3. The zero-order chi connectivity index (χ0) is 13.6. The van der Waals surface area contributed by atoms with E-state index in [1.54, 1.807) is 17.9 Å². The van der Waals surface area contributed by atoms with Crippen LogP contribution in [0.2, 0.25) is 0 Å². The first-order chi connectivity index (χ1) is 8.42. The largest absolute Gasteiger partial charge is 0.411 e. The number of nitrogens with zero attached hydrogens (tertiary/aromatic N) is 2. The van der Waals surface area contributed by atoms with Crippen molar-refractivity contribution in [1.82, 2.24) is 15.2 Å². The molecule has 1 atom stereocenters. The van der Waals surface area contributed by atoms with Gasteiger partial charge in [-0.3, -0.25) is 16.0 Å². The number of alkyl halides is 3.